The minimum absolute atomic E-state index is 0.107. The van der Waals surface area contributed by atoms with Crippen LogP contribution in [0.2, 0.25) is 0 Å². The number of aryl methyl sites for hydroxylation is 1. The lowest BCUT2D eigenvalue weighted by Crippen LogP contribution is -2.32. The van der Waals surface area contributed by atoms with Crippen LogP contribution in [0, 0.1) is 18.8 Å². The maximum atomic E-state index is 11.9. The van der Waals surface area contributed by atoms with Crippen LogP contribution in [0.15, 0.2) is 30.3 Å². The van der Waals surface area contributed by atoms with E-state index in [0.717, 1.165) is 16.1 Å². The molecule has 0 spiro atoms. The van der Waals surface area contributed by atoms with Gasteiger partial charge in [0.05, 0.1) is 12.1 Å². The summed E-state index contributed by atoms with van der Waals surface area (Å²) in [4.78, 5) is 28.7. The number of carbonyl (C=O) groups excluding carboxylic acids is 2. The van der Waals surface area contributed by atoms with Crippen molar-refractivity contribution in [3.8, 4) is 11.8 Å². The Morgan fingerprint density at radius 2 is 1.89 bits per heavy atom. The van der Waals surface area contributed by atoms with Crippen LogP contribution in [0.4, 0.5) is 9.93 Å². The van der Waals surface area contributed by atoms with Gasteiger partial charge in [-0.05, 0) is 45.7 Å². The van der Waals surface area contributed by atoms with Crippen LogP contribution in [-0.2, 0) is 9.53 Å². The summed E-state index contributed by atoms with van der Waals surface area (Å²) in [6, 6.07) is 9.24. The molecule has 7 heteroatoms. The lowest BCUT2D eigenvalue weighted by atomic mass is 10.2. The molecular formula is C20H23N3O3S. The van der Waals surface area contributed by atoms with E-state index in [1.807, 2.05) is 37.3 Å². The standard InChI is InChI=1S/C20H23N3O3S/c1-14-16(11-10-15-8-6-5-7-9-15)27-19(22-14)23-18(25)21-13-12-17(24)26-20(2,3)4/h5-9H,12-13H2,1-4H3,(H2,21,22,23,25). The predicted octanol–water partition coefficient (Wildman–Crippen LogP) is 3.70. The first-order valence-corrected chi connectivity index (χ1v) is 9.36. The molecule has 2 amide bonds. The minimum Gasteiger partial charge on any atom is -0.460 e. The molecule has 0 bridgehead atoms. The minimum atomic E-state index is -0.533. The van der Waals surface area contributed by atoms with Crippen molar-refractivity contribution >= 4 is 28.5 Å². The molecule has 0 fully saturated rings. The Balaban J connectivity index is 1.85. The van der Waals surface area contributed by atoms with E-state index in [-0.39, 0.29) is 18.9 Å². The highest BCUT2D eigenvalue weighted by Gasteiger charge is 2.16. The molecule has 0 aliphatic heterocycles. The Kier molecular flexibility index (Phi) is 6.97. The maximum absolute atomic E-state index is 11.9. The van der Waals surface area contributed by atoms with Gasteiger partial charge in [0.25, 0.3) is 0 Å². The molecule has 0 atom stereocenters. The van der Waals surface area contributed by atoms with Crippen LogP contribution < -0.4 is 10.6 Å². The Bertz CT molecular complexity index is 858. The number of carbonyl (C=O) groups is 2. The van der Waals surface area contributed by atoms with Crippen molar-refractivity contribution in [1.29, 1.82) is 0 Å². The highest BCUT2D eigenvalue weighted by Crippen LogP contribution is 2.21. The molecule has 1 aromatic carbocycles. The van der Waals surface area contributed by atoms with Gasteiger partial charge in [0.2, 0.25) is 0 Å². The molecule has 27 heavy (non-hydrogen) atoms. The predicted molar refractivity (Wildman–Crippen MR) is 107 cm³/mol. The van der Waals surface area contributed by atoms with E-state index in [9.17, 15) is 9.59 Å². The van der Waals surface area contributed by atoms with Crippen LogP contribution in [0.3, 0.4) is 0 Å². The fourth-order valence-corrected chi connectivity index (χ4v) is 2.84. The third kappa shape index (κ3) is 7.50. The van der Waals surface area contributed by atoms with Crippen LogP contribution in [0.5, 0.6) is 0 Å². The first-order valence-electron chi connectivity index (χ1n) is 8.54. The molecule has 0 saturated heterocycles. The molecule has 0 aliphatic rings. The summed E-state index contributed by atoms with van der Waals surface area (Å²) in [5.41, 5.74) is 1.14. The van der Waals surface area contributed by atoms with E-state index in [2.05, 4.69) is 27.5 Å². The lowest BCUT2D eigenvalue weighted by molar-refractivity contribution is -0.154. The van der Waals surface area contributed by atoms with Gasteiger partial charge in [-0.15, -0.1) is 0 Å². The topological polar surface area (TPSA) is 80.3 Å². The molecule has 1 aromatic heterocycles. The molecule has 2 aromatic rings. The molecule has 0 radical (unpaired) electrons. The summed E-state index contributed by atoms with van der Waals surface area (Å²) < 4.78 is 5.18. The number of thiazole rings is 1. The van der Waals surface area contributed by atoms with Crippen molar-refractivity contribution < 1.29 is 14.3 Å². The number of aromatic nitrogens is 1. The van der Waals surface area contributed by atoms with Crippen molar-refractivity contribution in [3.63, 3.8) is 0 Å². The van der Waals surface area contributed by atoms with Crippen molar-refractivity contribution in [2.24, 2.45) is 0 Å². The Morgan fingerprint density at radius 1 is 1.19 bits per heavy atom. The number of benzene rings is 1. The smallest absolute Gasteiger partial charge is 0.321 e. The summed E-state index contributed by atoms with van der Waals surface area (Å²) in [5, 5.41) is 5.73. The number of hydrogen-bond acceptors (Lipinski definition) is 5. The monoisotopic (exact) mass is 385 g/mol. The number of ether oxygens (including phenoxy) is 1. The largest absolute Gasteiger partial charge is 0.460 e. The molecule has 6 nitrogen and oxygen atoms in total. The number of nitrogens with zero attached hydrogens (tertiary/aromatic N) is 1. The molecule has 142 valence electrons. The van der Waals surface area contributed by atoms with Crippen molar-refractivity contribution in [2.45, 2.75) is 39.7 Å². The highest BCUT2D eigenvalue weighted by atomic mass is 32.1. The summed E-state index contributed by atoms with van der Waals surface area (Å²) in [6.45, 7) is 7.43. The summed E-state index contributed by atoms with van der Waals surface area (Å²) in [5.74, 6) is 5.79. The fourth-order valence-electron chi connectivity index (χ4n) is 2.03. The molecule has 2 rings (SSSR count). The Hall–Kier alpha value is -2.85. The van der Waals surface area contributed by atoms with Gasteiger partial charge < -0.3 is 10.1 Å². The van der Waals surface area contributed by atoms with Crippen molar-refractivity contribution in [2.75, 3.05) is 11.9 Å². The van der Waals surface area contributed by atoms with Crippen molar-refractivity contribution in [3.05, 3.63) is 46.5 Å². The molecule has 0 saturated carbocycles. The zero-order valence-corrected chi connectivity index (χ0v) is 16.7. The first kappa shape index (κ1) is 20.5. The number of hydrogen-bond donors (Lipinski definition) is 2. The van der Waals surface area contributed by atoms with Gasteiger partial charge >= 0.3 is 12.0 Å². The van der Waals surface area contributed by atoms with Crippen LogP contribution in [0.25, 0.3) is 0 Å². The van der Waals surface area contributed by atoms with Gasteiger partial charge in [0.15, 0.2) is 5.13 Å². The average molecular weight is 385 g/mol. The second-order valence-corrected chi connectivity index (χ2v) is 7.77. The average Bonchev–Trinajstić information content (AvgIpc) is 2.91. The normalized spacial score (nSPS) is 10.5. The summed E-state index contributed by atoms with van der Waals surface area (Å²) in [6.07, 6.45) is 0.107. The van der Waals surface area contributed by atoms with E-state index < -0.39 is 11.6 Å². The Morgan fingerprint density at radius 3 is 2.56 bits per heavy atom. The quantitative estimate of drug-likeness (QED) is 0.621. The van der Waals surface area contributed by atoms with Gasteiger partial charge in [-0.3, -0.25) is 10.1 Å². The third-order valence-electron chi connectivity index (χ3n) is 3.15. The van der Waals surface area contributed by atoms with Crippen LogP contribution in [-0.4, -0.2) is 29.1 Å². The van der Waals surface area contributed by atoms with Gasteiger partial charge in [0.1, 0.15) is 10.5 Å². The second-order valence-electron chi connectivity index (χ2n) is 6.77. The van der Waals surface area contributed by atoms with Crippen molar-refractivity contribution in [1.82, 2.24) is 10.3 Å². The first-order chi connectivity index (χ1) is 12.7. The van der Waals surface area contributed by atoms with E-state index in [1.165, 1.54) is 11.3 Å². The lowest BCUT2D eigenvalue weighted by Gasteiger charge is -2.19. The van der Waals surface area contributed by atoms with E-state index >= 15 is 0 Å². The number of anilines is 1. The second kappa shape index (κ2) is 9.19. The van der Waals surface area contributed by atoms with Crippen LogP contribution >= 0.6 is 11.3 Å². The van der Waals surface area contributed by atoms with E-state index in [4.69, 9.17) is 4.74 Å². The molecule has 2 N–H and O–H groups in total. The van der Waals surface area contributed by atoms with Gasteiger partial charge in [-0.2, -0.15) is 0 Å². The third-order valence-corrected chi connectivity index (χ3v) is 4.13. The number of nitrogens with one attached hydrogen (secondary N) is 2. The molecular weight excluding hydrogens is 362 g/mol. The molecule has 0 unspecified atom stereocenters. The number of esters is 1. The SMILES string of the molecule is Cc1nc(NC(=O)NCCC(=O)OC(C)(C)C)sc1C#Cc1ccccc1. The summed E-state index contributed by atoms with van der Waals surface area (Å²) >= 11 is 1.31. The highest BCUT2D eigenvalue weighted by molar-refractivity contribution is 7.16. The Labute approximate surface area is 163 Å². The number of urea groups is 1. The van der Waals surface area contributed by atoms with Gasteiger partial charge in [-0.25, -0.2) is 9.78 Å². The van der Waals surface area contributed by atoms with E-state index in [1.54, 1.807) is 20.8 Å². The fraction of sp³-hybridized carbons (Fsp3) is 0.350. The van der Waals surface area contributed by atoms with E-state index in [0.29, 0.717) is 5.13 Å². The van der Waals surface area contributed by atoms with Gasteiger partial charge in [-0.1, -0.05) is 35.5 Å². The summed E-state index contributed by atoms with van der Waals surface area (Å²) in [7, 11) is 0. The molecule has 0 aliphatic carbocycles. The zero-order valence-electron chi connectivity index (χ0n) is 15.9. The number of rotatable bonds is 4. The molecule has 1 heterocycles. The number of amides is 2. The zero-order chi connectivity index (χ0) is 19.9. The van der Waals surface area contributed by atoms with Crippen LogP contribution in [0.1, 0.15) is 43.3 Å². The maximum Gasteiger partial charge on any atom is 0.321 e. The van der Waals surface area contributed by atoms with Gasteiger partial charge in [0, 0.05) is 12.1 Å².